The number of aromatic amines is 2. The summed E-state index contributed by atoms with van der Waals surface area (Å²) in [7, 11) is 0. The Morgan fingerprint density at radius 3 is 2.67 bits per heavy atom. The molecule has 0 saturated carbocycles. The van der Waals surface area contributed by atoms with Crippen molar-refractivity contribution < 1.29 is 4.74 Å². The van der Waals surface area contributed by atoms with Gasteiger partial charge in [-0.1, -0.05) is 66.8 Å². The number of nitrogens with one attached hydrogen (secondary N) is 2. The summed E-state index contributed by atoms with van der Waals surface area (Å²) in [6.45, 7) is 0.510. The van der Waals surface area contributed by atoms with E-state index in [2.05, 4.69) is 50.5 Å². The van der Waals surface area contributed by atoms with Crippen molar-refractivity contribution in [1.82, 2.24) is 30.1 Å². The SMILES string of the molecule is C1=CCc2[nH]c(-c3n[nH]c4ccc(-c5cccc(OCc6ccccc6)c5)nc34)nc2C(c2cccnc2)=C1. The van der Waals surface area contributed by atoms with E-state index in [1.165, 1.54) is 0 Å². The molecule has 1 aliphatic rings. The van der Waals surface area contributed by atoms with Crippen molar-refractivity contribution in [2.24, 2.45) is 0 Å². The first-order chi connectivity index (χ1) is 19.3. The molecule has 0 unspecified atom stereocenters. The van der Waals surface area contributed by atoms with Crippen LogP contribution in [0.1, 0.15) is 22.5 Å². The molecular weight excluding hydrogens is 484 g/mol. The largest absolute Gasteiger partial charge is 0.489 e. The number of aromatic nitrogens is 6. The van der Waals surface area contributed by atoms with Crippen molar-refractivity contribution in [2.45, 2.75) is 13.0 Å². The van der Waals surface area contributed by atoms with Crippen LogP contribution < -0.4 is 4.74 Å². The molecular formula is C32H24N6O. The Hall–Kier alpha value is -5.30. The van der Waals surface area contributed by atoms with Crippen LogP contribution in [-0.4, -0.2) is 30.1 Å². The van der Waals surface area contributed by atoms with E-state index in [4.69, 9.17) is 14.7 Å². The number of fused-ring (bicyclic) bond motifs is 2. The Morgan fingerprint density at radius 2 is 1.77 bits per heavy atom. The third kappa shape index (κ3) is 4.51. The van der Waals surface area contributed by atoms with E-state index < -0.39 is 0 Å². The third-order valence-electron chi connectivity index (χ3n) is 6.74. The van der Waals surface area contributed by atoms with Crippen LogP contribution in [0.15, 0.2) is 109 Å². The lowest BCUT2D eigenvalue weighted by Gasteiger charge is -2.08. The fourth-order valence-corrected chi connectivity index (χ4v) is 4.79. The summed E-state index contributed by atoms with van der Waals surface area (Å²) < 4.78 is 6.05. The van der Waals surface area contributed by atoms with Crippen LogP contribution >= 0.6 is 0 Å². The molecule has 0 spiro atoms. The summed E-state index contributed by atoms with van der Waals surface area (Å²) in [5.74, 6) is 1.48. The van der Waals surface area contributed by atoms with E-state index in [0.717, 1.165) is 62.5 Å². The first kappa shape index (κ1) is 22.9. The number of nitrogens with zero attached hydrogens (tertiary/aromatic N) is 4. The zero-order valence-corrected chi connectivity index (χ0v) is 21.0. The Morgan fingerprint density at radius 1 is 0.846 bits per heavy atom. The van der Waals surface area contributed by atoms with Gasteiger partial charge in [-0.15, -0.1) is 0 Å². The van der Waals surface area contributed by atoms with Crippen LogP contribution in [0.25, 0.3) is 39.4 Å². The van der Waals surface area contributed by atoms with Crippen LogP contribution in [0.3, 0.4) is 0 Å². The van der Waals surface area contributed by atoms with E-state index in [-0.39, 0.29) is 0 Å². The minimum absolute atomic E-state index is 0.510. The highest BCUT2D eigenvalue weighted by molar-refractivity contribution is 5.90. The van der Waals surface area contributed by atoms with Crippen LogP contribution in [0.4, 0.5) is 0 Å². The Bertz CT molecular complexity index is 1830. The molecule has 0 aliphatic heterocycles. The second kappa shape index (κ2) is 9.87. The van der Waals surface area contributed by atoms with Gasteiger partial charge in [-0.05, 0) is 35.9 Å². The molecule has 1 aliphatic carbocycles. The van der Waals surface area contributed by atoms with Gasteiger partial charge >= 0.3 is 0 Å². The number of H-pyrrole nitrogens is 2. The minimum atomic E-state index is 0.510. The number of benzene rings is 2. The summed E-state index contributed by atoms with van der Waals surface area (Å²) in [4.78, 5) is 17.8. The first-order valence-electron chi connectivity index (χ1n) is 12.8. The van der Waals surface area contributed by atoms with Crippen molar-refractivity contribution in [3.63, 3.8) is 0 Å². The van der Waals surface area contributed by atoms with Gasteiger partial charge in [-0.3, -0.25) is 10.1 Å². The van der Waals surface area contributed by atoms with Crippen LogP contribution in [0.2, 0.25) is 0 Å². The molecule has 0 radical (unpaired) electrons. The average Bonchev–Trinajstić information content (AvgIpc) is 3.56. The molecule has 4 aromatic heterocycles. The van der Waals surface area contributed by atoms with E-state index in [1.807, 2.05) is 72.9 Å². The topological polar surface area (TPSA) is 92.4 Å². The van der Waals surface area contributed by atoms with Crippen LogP contribution in [-0.2, 0) is 13.0 Å². The molecule has 0 atom stereocenters. The first-order valence-corrected chi connectivity index (χ1v) is 12.8. The number of imidazole rings is 1. The zero-order valence-electron chi connectivity index (χ0n) is 21.0. The van der Waals surface area contributed by atoms with Gasteiger partial charge in [0.15, 0.2) is 11.5 Å². The molecule has 4 heterocycles. The fraction of sp³-hybridized carbons (Fsp3) is 0.0625. The van der Waals surface area contributed by atoms with Crippen molar-refractivity contribution in [3.05, 3.63) is 132 Å². The predicted molar refractivity (Wildman–Crippen MR) is 152 cm³/mol. The third-order valence-corrected chi connectivity index (χ3v) is 6.74. The molecule has 0 bridgehead atoms. The van der Waals surface area contributed by atoms with Crippen molar-refractivity contribution in [2.75, 3.05) is 0 Å². The van der Waals surface area contributed by atoms with Crippen molar-refractivity contribution in [1.29, 1.82) is 0 Å². The monoisotopic (exact) mass is 508 g/mol. The maximum Gasteiger partial charge on any atom is 0.161 e. The summed E-state index contributed by atoms with van der Waals surface area (Å²) in [6.07, 6.45) is 10.7. The van der Waals surface area contributed by atoms with Crippen LogP contribution in [0, 0.1) is 0 Å². The maximum absolute atomic E-state index is 6.05. The van der Waals surface area contributed by atoms with Gasteiger partial charge in [-0.25, -0.2) is 9.97 Å². The Balaban J connectivity index is 1.22. The quantitative estimate of drug-likeness (QED) is 0.267. The number of ether oxygens (including phenoxy) is 1. The van der Waals surface area contributed by atoms with Gasteiger partial charge in [0.2, 0.25) is 0 Å². The highest BCUT2D eigenvalue weighted by Gasteiger charge is 2.21. The van der Waals surface area contributed by atoms with E-state index in [0.29, 0.717) is 18.1 Å². The molecule has 39 heavy (non-hydrogen) atoms. The summed E-state index contributed by atoms with van der Waals surface area (Å²) >= 11 is 0. The van der Waals surface area contributed by atoms with E-state index >= 15 is 0 Å². The van der Waals surface area contributed by atoms with E-state index in [9.17, 15) is 0 Å². The van der Waals surface area contributed by atoms with Crippen molar-refractivity contribution >= 4 is 16.6 Å². The summed E-state index contributed by atoms with van der Waals surface area (Å²) in [5, 5.41) is 7.70. The van der Waals surface area contributed by atoms with Crippen LogP contribution in [0.5, 0.6) is 5.75 Å². The summed E-state index contributed by atoms with van der Waals surface area (Å²) in [5.41, 5.74) is 9.20. The normalized spacial score (nSPS) is 12.7. The van der Waals surface area contributed by atoms with Gasteiger partial charge in [0, 0.05) is 41.2 Å². The van der Waals surface area contributed by atoms with Gasteiger partial charge in [0.1, 0.15) is 17.9 Å². The highest BCUT2D eigenvalue weighted by atomic mass is 16.5. The second-order valence-corrected chi connectivity index (χ2v) is 9.33. The molecule has 2 aromatic carbocycles. The number of pyridine rings is 2. The van der Waals surface area contributed by atoms with Gasteiger partial charge < -0.3 is 9.72 Å². The molecule has 2 N–H and O–H groups in total. The molecule has 7 heteroatoms. The number of hydrogen-bond donors (Lipinski definition) is 2. The fourth-order valence-electron chi connectivity index (χ4n) is 4.79. The number of allylic oxidation sites excluding steroid dienone is 3. The predicted octanol–water partition coefficient (Wildman–Crippen LogP) is 6.53. The lowest BCUT2D eigenvalue weighted by atomic mass is 10.0. The number of rotatable bonds is 6. The molecule has 0 amide bonds. The zero-order chi connectivity index (χ0) is 26.0. The molecule has 7 rings (SSSR count). The molecule has 6 aromatic rings. The van der Waals surface area contributed by atoms with Gasteiger partial charge in [-0.2, -0.15) is 5.10 Å². The Kier molecular flexibility index (Phi) is 5.79. The standard InChI is InChI=1S/C32H24N6O/c1-2-8-21(9-3-1)20-39-24-12-6-10-22(18-24)26-15-16-28-30(34-26)31(38-37-28)32-35-27-14-5-4-13-25(29(27)36-32)23-11-7-17-33-19-23/h1-13,15-19H,14,20H2,(H,35,36)(H,37,38). The lowest BCUT2D eigenvalue weighted by molar-refractivity contribution is 0.306. The molecule has 0 saturated heterocycles. The van der Waals surface area contributed by atoms with Gasteiger partial charge in [0.05, 0.1) is 16.9 Å². The maximum atomic E-state index is 6.05. The average molecular weight is 509 g/mol. The number of hydrogen-bond acceptors (Lipinski definition) is 5. The molecule has 7 nitrogen and oxygen atoms in total. The Labute approximate surface area is 225 Å². The second-order valence-electron chi connectivity index (χ2n) is 9.33. The highest BCUT2D eigenvalue weighted by Crippen LogP contribution is 2.32. The lowest BCUT2D eigenvalue weighted by Crippen LogP contribution is -1.95. The van der Waals surface area contributed by atoms with E-state index in [1.54, 1.807) is 6.20 Å². The van der Waals surface area contributed by atoms with Crippen molar-refractivity contribution in [3.8, 4) is 28.5 Å². The summed E-state index contributed by atoms with van der Waals surface area (Å²) in [6, 6.07) is 26.1. The van der Waals surface area contributed by atoms with Gasteiger partial charge in [0.25, 0.3) is 0 Å². The molecule has 188 valence electrons. The smallest absolute Gasteiger partial charge is 0.161 e. The minimum Gasteiger partial charge on any atom is -0.489 e. The molecule has 0 fully saturated rings.